The fourth-order valence-electron chi connectivity index (χ4n) is 2.38. The van der Waals surface area contributed by atoms with Gasteiger partial charge in [-0.2, -0.15) is 4.31 Å². The second-order valence-corrected chi connectivity index (χ2v) is 7.54. The van der Waals surface area contributed by atoms with Crippen molar-refractivity contribution in [2.45, 2.75) is 25.5 Å². The number of hydrogen-bond acceptors (Lipinski definition) is 4. The van der Waals surface area contributed by atoms with Crippen LogP contribution < -0.4 is 5.32 Å². The number of halogens is 1. The van der Waals surface area contributed by atoms with Gasteiger partial charge in [0.25, 0.3) is 0 Å². The number of sulfonamides is 1. The lowest BCUT2D eigenvalue weighted by Crippen LogP contribution is -2.43. The number of hydrogen-bond donors (Lipinski definition) is 1. The van der Waals surface area contributed by atoms with Crippen LogP contribution in [0.15, 0.2) is 24.3 Å². The highest BCUT2D eigenvalue weighted by Crippen LogP contribution is 2.14. The fraction of sp³-hybridized carbons (Fsp3) is 0.533. The Balaban J connectivity index is 1.90. The molecule has 1 aliphatic rings. The highest BCUT2D eigenvalue weighted by atomic mass is 32.2. The molecular formula is C15H21FN2O4S. The molecule has 1 atom stereocenters. The van der Waals surface area contributed by atoms with E-state index in [4.69, 9.17) is 4.74 Å². The third-order valence-corrected chi connectivity index (χ3v) is 4.87. The average molecular weight is 344 g/mol. The maximum atomic E-state index is 13.5. The topological polar surface area (TPSA) is 75.7 Å². The Morgan fingerprint density at radius 3 is 2.78 bits per heavy atom. The molecule has 1 N–H and O–H groups in total. The van der Waals surface area contributed by atoms with Gasteiger partial charge < -0.3 is 10.1 Å². The molecule has 128 valence electrons. The molecule has 2 rings (SSSR count). The normalized spacial score (nSPS) is 18.3. The number of carbonyl (C=O) groups is 1. The summed E-state index contributed by atoms with van der Waals surface area (Å²) in [7, 11) is -3.52. The molecule has 1 aromatic carbocycles. The standard InChI is InChI=1S/C15H21FN2O4S/c1-23(20,21)18(10-13-6-4-8-22-13)11-15(19)17-9-12-5-2-3-7-14(12)16/h2-3,5,7,13H,4,6,8-11H2,1H3,(H,17,19). The van der Waals surface area contributed by atoms with Gasteiger partial charge in [-0.05, 0) is 18.9 Å². The molecule has 1 unspecified atom stereocenters. The molecule has 0 bridgehead atoms. The lowest BCUT2D eigenvalue weighted by Gasteiger charge is -2.22. The zero-order chi connectivity index (χ0) is 16.9. The lowest BCUT2D eigenvalue weighted by atomic mass is 10.2. The predicted molar refractivity (Wildman–Crippen MR) is 83.6 cm³/mol. The van der Waals surface area contributed by atoms with Crippen LogP contribution in [-0.2, 0) is 26.1 Å². The monoisotopic (exact) mass is 344 g/mol. The Morgan fingerprint density at radius 1 is 1.43 bits per heavy atom. The minimum Gasteiger partial charge on any atom is -0.377 e. The van der Waals surface area contributed by atoms with Gasteiger partial charge >= 0.3 is 0 Å². The molecule has 1 aromatic rings. The van der Waals surface area contributed by atoms with E-state index in [1.54, 1.807) is 18.2 Å². The van der Waals surface area contributed by atoms with Crippen molar-refractivity contribution in [3.8, 4) is 0 Å². The maximum absolute atomic E-state index is 13.5. The summed E-state index contributed by atoms with van der Waals surface area (Å²) in [5.41, 5.74) is 0.353. The Bertz CT molecular complexity index is 645. The highest BCUT2D eigenvalue weighted by Gasteiger charge is 2.26. The van der Waals surface area contributed by atoms with Gasteiger partial charge in [-0.15, -0.1) is 0 Å². The smallest absolute Gasteiger partial charge is 0.235 e. The van der Waals surface area contributed by atoms with Crippen molar-refractivity contribution in [3.63, 3.8) is 0 Å². The molecule has 1 fully saturated rings. The van der Waals surface area contributed by atoms with E-state index in [0.29, 0.717) is 12.2 Å². The molecule has 0 aromatic heterocycles. The summed E-state index contributed by atoms with van der Waals surface area (Å²) >= 11 is 0. The molecule has 0 radical (unpaired) electrons. The first-order valence-corrected chi connectivity index (χ1v) is 9.28. The van der Waals surface area contributed by atoms with Gasteiger partial charge in [0.15, 0.2) is 0 Å². The predicted octanol–water partition coefficient (Wildman–Crippen LogP) is 0.882. The maximum Gasteiger partial charge on any atom is 0.235 e. The van der Waals surface area contributed by atoms with E-state index in [-0.39, 0.29) is 25.7 Å². The van der Waals surface area contributed by atoms with Crippen LogP contribution in [0.2, 0.25) is 0 Å². The molecule has 1 amide bonds. The molecule has 23 heavy (non-hydrogen) atoms. The highest BCUT2D eigenvalue weighted by molar-refractivity contribution is 7.88. The van der Waals surface area contributed by atoms with Crippen LogP contribution in [0.1, 0.15) is 18.4 Å². The SMILES string of the molecule is CS(=O)(=O)N(CC(=O)NCc1ccccc1F)CC1CCCO1. The van der Waals surface area contributed by atoms with Crippen molar-refractivity contribution in [2.75, 3.05) is 26.0 Å². The first kappa shape index (κ1) is 17.8. The number of ether oxygens (including phenoxy) is 1. The molecular weight excluding hydrogens is 323 g/mol. The molecule has 0 saturated carbocycles. The van der Waals surface area contributed by atoms with Crippen molar-refractivity contribution in [1.82, 2.24) is 9.62 Å². The van der Waals surface area contributed by atoms with Gasteiger partial charge in [0.1, 0.15) is 5.82 Å². The van der Waals surface area contributed by atoms with Gasteiger partial charge in [0.2, 0.25) is 15.9 Å². The van der Waals surface area contributed by atoms with Crippen molar-refractivity contribution >= 4 is 15.9 Å². The summed E-state index contributed by atoms with van der Waals surface area (Å²) in [6.45, 7) is 0.490. The van der Waals surface area contributed by atoms with E-state index >= 15 is 0 Å². The second-order valence-electron chi connectivity index (χ2n) is 5.56. The van der Waals surface area contributed by atoms with Gasteiger partial charge in [0, 0.05) is 25.3 Å². The zero-order valence-corrected chi connectivity index (χ0v) is 13.8. The molecule has 8 heteroatoms. The summed E-state index contributed by atoms with van der Waals surface area (Å²) in [5.74, 6) is -0.885. The van der Waals surface area contributed by atoms with Crippen LogP contribution in [0, 0.1) is 5.82 Å². The molecule has 0 aliphatic carbocycles. The van der Waals surface area contributed by atoms with E-state index in [1.165, 1.54) is 6.07 Å². The summed E-state index contributed by atoms with van der Waals surface area (Å²) in [4.78, 5) is 12.0. The van der Waals surface area contributed by atoms with Crippen LogP contribution in [0.25, 0.3) is 0 Å². The van der Waals surface area contributed by atoms with Crippen molar-refractivity contribution < 1.29 is 22.3 Å². The van der Waals surface area contributed by atoms with Gasteiger partial charge in [-0.3, -0.25) is 4.79 Å². The summed E-state index contributed by atoms with van der Waals surface area (Å²) < 4.78 is 43.6. The summed E-state index contributed by atoms with van der Waals surface area (Å²) in [6, 6.07) is 6.11. The van der Waals surface area contributed by atoms with Crippen LogP contribution in [0.5, 0.6) is 0 Å². The quantitative estimate of drug-likeness (QED) is 0.797. The molecule has 1 heterocycles. The molecule has 6 nitrogen and oxygen atoms in total. The average Bonchev–Trinajstić information content (AvgIpc) is 2.98. The number of nitrogens with zero attached hydrogens (tertiary/aromatic N) is 1. The molecule has 1 aliphatic heterocycles. The van der Waals surface area contributed by atoms with Crippen molar-refractivity contribution in [2.24, 2.45) is 0 Å². The van der Waals surface area contributed by atoms with Crippen molar-refractivity contribution in [1.29, 1.82) is 0 Å². The lowest BCUT2D eigenvalue weighted by molar-refractivity contribution is -0.121. The van der Waals surface area contributed by atoms with E-state index < -0.39 is 21.7 Å². The Kier molecular flexibility index (Phi) is 6.09. The Labute approximate surface area is 135 Å². The Morgan fingerprint density at radius 2 is 2.17 bits per heavy atom. The summed E-state index contributed by atoms with van der Waals surface area (Å²) in [6.07, 6.45) is 2.56. The van der Waals surface area contributed by atoms with E-state index in [9.17, 15) is 17.6 Å². The Hall–Kier alpha value is -1.51. The van der Waals surface area contributed by atoms with Crippen molar-refractivity contribution in [3.05, 3.63) is 35.6 Å². The van der Waals surface area contributed by atoms with Crippen LogP contribution >= 0.6 is 0 Å². The first-order chi connectivity index (χ1) is 10.9. The molecule has 0 spiro atoms. The van der Waals surface area contributed by atoms with E-state index in [1.807, 2.05) is 0 Å². The molecule has 1 saturated heterocycles. The van der Waals surface area contributed by atoms with E-state index in [0.717, 1.165) is 23.4 Å². The number of rotatable bonds is 7. The van der Waals surface area contributed by atoms with Crippen LogP contribution in [-0.4, -0.2) is 50.7 Å². The minimum atomic E-state index is -3.52. The zero-order valence-electron chi connectivity index (χ0n) is 13.0. The van der Waals surface area contributed by atoms with Gasteiger partial charge in [-0.1, -0.05) is 18.2 Å². The minimum absolute atomic E-state index is 0.0169. The number of carbonyl (C=O) groups excluding carboxylic acids is 1. The van der Waals surface area contributed by atoms with Crippen LogP contribution in [0.4, 0.5) is 4.39 Å². The third-order valence-electron chi connectivity index (χ3n) is 3.65. The fourth-order valence-corrected chi connectivity index (χ4v) is 3.17. The number of benzene rings is 1. The number of nitrogens with one attached hydrogen (secondary N) is 1. The van der Waals surface area contributed by atoms with Gasteiger partial charge in [0.05, 0.1) is 18.9 Å². The van der Waals surface area contributed by atoms with E-state index in [2.05, 4.69) is 5.32 Å². The largest absolute Gasteiger partial charge is 0.377 e. The first-order valence-electron chi connectivity index (χ1n) is 7.43. The third kappa shape index (κ3) is 5.56. The number of amides is 1. The summed E-state index contributed by atoms with van der Waals surface area (Å²) in [5, 5.41) is 2.54. The van der Waals surface area contributed by atoms with Crippen LogP contribution in [0.3, 0.4) is 0 Å². The van der Waals surface area contributed by atoms with Gasteiger partial charge in [-0.25, -0.2) is 12.8 Å². The second kappa shape index (κ2) is 7.85.